The summed E-state index contributed by atoms with van der Waals surface area (Å²) in [5.74, 6) is 0. The van der Waals surface area contributed by atoms with Crippen molar-refractivity contribution in [2.75, 3.05) is 6.61 Å². The van der Waals surface area contributed by atoms with Crippen LogP contribution in [0.1, 0.15) is 13.3 Å². The van der Waals surface area contributed by atoms with Crippen molar-refractivity contribution in [2.24, 2.45) is 0 Å². The summed E-state index contributed by atoms with van der Waals surface area (Å²) in [6, 6.07) is 0.0301. The minimum atomic E-state index is -0.922. The van der Waals surface area contributed by atoms with Crippen molar-refractivity contribution in [3.8, 4) is 0 Å². The lowest BCUT2D eigenvalue weighted by molar-refractivity contribution is 0.165. The van der Waals surface area contributed by atoms with Gasteiger partial charge in [0, 0.05) is 0 Å². The van der Waals surface area contributed by atoms with Crippen LogP contribution in [0.15, 0.2) is 0 Å². The van der Waals surface area contributed by atoms with Gasteiger partial charge in [0.25, 0.3) is 0 Å². The topological polar surface area (TPSA) is 49.8 Å². The Balaban J connectivity index is 2.50. The molecule has 1 aliphatic rings. The van der Waals surface area contributed by atoms with Gasteiger partial charge in [0.15, 0.2) is 0 Å². The van der Waals surface area contributed by atoms with Crippen LogP contribution in [0.25, 0.3) is 0 Å². The molecule has 1 rings (SSSR count). The molecular weight excluding hydrogens is 154 g/mol. The average Bonchev–Trinajstić information content (AvgIpc) is 2.33. The van der Waals surface area contributed by atoms with Gasteiger partial charge in [-0.1, -0.05) is 6.92 Å². The molecule has 0 radical (unpaired) electrons. The van der Waals surface area contributed by atoms with E-state index in [1.807, 2.05) is 6.92 Å². The summed E-state index contributed by atoms with van der Waals surface area (Å²) in [5, 5.41) is 8.54. The standard InChI is InChI=1S/C5H9NO3S/c1-2-4-3-9-10-6(4)5(7)8/h4H,2-3H2,1H3,(H,7,8)/t4-/m1/s1. The SMILES string of the molecule is CC[C@@H]1COSN1C(=O)O. The summed E-state index contributed by atoms with van der Waals surface area (Å²) in [6.07, 6.45) is -0.117. The fraction of sp³-hybridized carbons (Fsp3) is 0.800. The fourth-order valence-corrected chi connectivity index (χ4v) is 1.49. The van der Waals surface area contributed by atoms with Gasteiger partial charge in [-0.05, 0) is 6.42 Å². The quantitative estimate of drug-likeness (QED) is 0.468. The van der Waals surface area contributed by atoms with Crippen LogP contribution in [-0.4, -0.2) is 28.2 Å². The Bertz CT molecular complexity index is 141. The Labute approximate surface area is 63.5 Å². The van der Waals surface area contributed by atoms with E-state index >= 15 is 0 Å². The highest BCUT2D eigenvalue weighted by molar-refractivity contribution is 7.93. The van der Waals surface area contributed by atoms with Crippen LogP contribution in [0.3, 0.4) is 0 Å². The largest absolute Gasteiger partial charge is 0.464 e. The van der Waals surface area contributed by atoms with E-state index in [-0.39, 0.29) is 6.04 Å². The number of rotatable bonds is 1. The number of carbonyl (C=O) groups is 1. The average molecular weight is 163 g/mol. The maximum absolute atomic E-state index is 10.4. The fourth-order valence-electron chi connectivity index (χ4n) is 0.766. The lowest BCUT2D eigenvalue weighted by atomic mass is 10.2. The molecule has 1 fully saturated rings. The molecule has 58 valence electrons. The summed E-state index contributed by atoms with van der Waals surface area (Å²) in [7, 11) is 0. The third-order valence-corrected chi connectivity index (χ3v) is 2.24. The number of hydrogen-bond acceptors (Lipinski definition) is 3. The van der Waals surface area contributed by atoms with Crippen LogP contribution < -0.4 is 0 Å². The zero-order chi connectivity index (χ0) is 7.56. The molecule has 1 amide bonds. The van der Waals surface area contributed by atoms with E-state index in [1.165, 1.54) is 4.31 Å². The highest BCUT2D eigenvalue weighted by atomic mass is 32.2. The molecule has 4 nitrogen and oxygen atoms in total. The van der Waals surface area contributed by atoms with Crippen LogP contribution in [0.5, 0.6) is 0 Å². The van der Waals surface area contributed by atoms with Crippen molar-refractivity contribution in [1.29, 1.82) is 0 Å². The van der Waals surface area contributed by atoms with E-state index in [1.54, 1.807) is 0 Å². The Morgan fingerprint density at radius 3 is 3.10 bits per heavy atom. The molecule has 0 spiro atoms. The van der Waals surface area contributed by atoms with Crippen molar-refractivity contribution in [2.45, 2.75) is 19.4 Å². The van der Waals surface area contributed by atoms with Crippen molar-refractivity contribution < 1.29 is 14.1 Å². The van der Waals surface area contributed by atoms with Gasteiger partial charge in [-0.2, -0.15) is 0 Å². The van der Waals surface area contributed by atoms with E-state index in [4.69, 9.17) is 9.29 Å². The number of carboxylic acid groups (broad SMARTS) is 1. The second-order valence-electron chi connectivity index (χ2n) is 2.03. The lowest BCUT2D eigenvalue weighted by Gasteiger charge is -2.13. The minimum Gasteiger partial charge on any atom is -0.464 e. The Kier molecular flexibility index (Phi) is 2.39. The van der Waals surface area contributed by atoms with Crippen LogP contribution in [0.2, 0.25) is 0 Å². The van der Waals surface area contributed by atoms with Gasteiger partial charge >= 0.3 is 6.09 Å². The first kappa shape index (κ1) is 7.68. The van der Waals surface area contributed by atoms with Crippen molar-refractivity contribution in [3.63, 3.8) is 0 Å². The smallest absolute Gasteiger partial charge is 0.419 e. The van der Waals surface area contributed by atoms with Crippen LogP contribution >= 0.6 is 12.2 Å². The molecule has 1 atom stereocenters. The third kappa shape index (κ3) is 1.35. The normalized spacial score (nSPS) is 25.3. The Hall–Kier alpha value is -0.420. The lowest BCUT2D eigenvalue weighted by Crippen LogP contribution is -2.30. The monoisotopic (exact) mass is 163 g/mol. The number of nitrogens with zero attached hydrogens (tertiary/aromatic N) is 1. The molecule has 1 aliphatic heterocycles. The molecule has 0 aromatic carbocycles. The van der Waals surface area contributed by atoms with Gasteiger partial charge in [-0.25, -0.2) is 9.10 Å². The molecule has 1 N–H and O–H groups in total. The van der Waals surface area contributed by atoms with Gasteiger partial charge in [0.1, 0.15) is 12.2 Å². The Morgan fingerprint density at radius 1 is 2.00 bits per heavy atom. The van der Waals surface area contributed by atoms with Crippen LogP contribution in [0.4, 0.5) is 4.79 Å². The number of amides is 1. The molecule has 10 heavy (non-hydrogen) atoms. The molecule has 0 aliphatic carbocycles. The highest BCUT2D eigenvalue weighted by Gasteiger charge is 2.29. The predicted octanol–water partition coefficient (Wildman–Crippen LogP) is 1.34. The summed E-state index contributed by atoms with van der Waals surface area (Å²) in [6.45, 7) is 2.45. The van der Waals surface area contributed by atoms with Gasteiger partial charge in [0.2, 0.25) is 0 Å². The second-order valence-corrected chi connectivity index (χ2v) is 2.81. The molecule has 1 heterocycles. The summed E-state index contributed by atoms with van der Waals surface area (Å²) in [4.78, 5) is 10.4. The van der Waals surface area contributed by atoms with E-state index in [0.717, 1.165) is 18.6 Å². The van der Waals surface area contributed by atoms with E-state index in [0.29, 0.717) is 6.61 Å². The van der Waals surface area contributed by atoms with E-state index < -0.39 is 6.09 Å². The third-order valence-electron chi connectivity index (χ3n) is 1.38. The van der Waals surface area contributed by atoms with Crippen molar-refractivity contribution >= 4 is 18.3 Å². The summed E-state index contributed by atoms with van der Waals surface area (Å²) in [5.41, 5.74) is 0. The molecule has 5 heteroatoms. The highest BCUT2D eigenvalue weighted by Crippen LogP contribution is 2.25. The van der Waals surface area contributed by atoms with Gasteiger partial charge in [-0.3, -0.25) is 4.18 Å². The maximum atomic E-state index is 10.4. The van der Waals surface area contributed by atoms with Crippen molar-refractivity contribution in [3.05, 3.63) is 0 Å². The first-order chi connectivity index (χ1) is 4.75. The molecule has 0 aromatic heterocycles. The molecule has 0 saturated carbocycles. The molecule has 0 unspecified atom stereocenters. The zero-order valence-electron chi connectivity index (χ0n) is 5.61. The maximum Gasteiger partial charge on any atom is 0.419 e. The molecular formula is C5H9NO3S. The first-order valence-corrected chi connectivity index (χ1v) is 3.77. The van der Waals surface area contributed by atoms with Crippen molar-refractivity contribution in [1.82, 2.24) is 4.31 Å². The summed E-state index contributed by atoms with van der Waals surface area (Å²) >= 11 is 0.917. The Morgan fingerprint density at radius 2 is 2.70 bits per heavy atom. The van der Waals surface area contributed by atoms with Gasteiger partial charge in [-0.15, -0.1) is 0 Å². The second kappa shape index (κ2) is 3.12. The molecule has 1 saturated heterocycles. The zero-order valence-corrected chi connectivity index (χ0v) is 6.43. The first-order valence-electron chi connectivity index (χ1n) is 3.07. The number of hydrogen-bond donors (Lipinski definition) is 1. The van der Waals surface area contributed by atoms with E-state index in [9.17, 15) is 4.79 Å². The van der Waals surface area contributed by atoms with Gasteiger partial charge in [0.05, 0.1) is 12.6 Å². The molecule has 0 aromatic rings. The van der Waals surface area contributed by atoms with Crippen LogP contribution in [-0.2, 0) is 4.18 Å². The summed E-state index contributed by atoms with van der Waals surface area (Å²) < 4.78 is 6.12. The van der Waals surface area contributed by atoms with Crippen LogP contribution in [0, 0.1) is 0 Å². The van der Waals surface area contributed by atoms with Gasteiger partial charge < -0.3 is 5.11 Å². The van der Waals surface area contributed by atoms with E-state index in [2.05, 4.69) is 0 Å². The predicted molar refractivity (Wildman–Crippen MR) is 37.5 cm³/mol. The minimum absolute atomic E-state index is 0.0301. The molecule has 0 bridgehead atoms.